The molecule has 1 atom stereocenters. The summed E-state index contributed by atoms with van der Waals surface area (Å²) in [5.74, 6) is 0. The van der Waals surface area contributed by atoms with E-state index in [2.05, 4.69) is 0 Å². The predicted molar refractivity (Wildman–Crippen MR) is 42.6 cm³/mol. The zero-order valence-electron chi connectivity index (χ0n) is 6.92. The van der Waals surface area contributed by atoms with Gasteiger partial charge in [-0.15, -0.1) is 0 Å². The van der Waals surface area contributed by atoms with Crippen LogP contribution in [0.3, 0.4) is 0 Å². The molecule has 11 heavy (non-hydrogen) atoms. The number of ether oxygens (including phenoxy) is 2. The quantitative estimate of drug-likeness (QED) is 0.580. The van der Waals surface area contributed by atoms with Gasteiger partial charge in [0.25, 0.3) is 0 Å². The number of rotatable bonds is 3. The first-order chi connectivity index (χ1) is 5.45. The van der Waals surface area contributed by atoms with Gasteiger partial charge in [0, 0.05) is 0 Å². The molecule has 2 aliphatic rings. The molecule has 2 nitrogen and oxygen atoms in total. The molecule has 1 unspecified atom stereocenters. The molecule has 0 N–H and O–H groups in total. The lowest BCUT2D eigenvalue weighted by molar-refractivity contribution is 0.0199. The minimum atomic E-state index is 0.442. The first-order valence-corrected chi connectivity index (χ1v) is 4.68. The van der Waals surface area contributed by atoms with Gasteiger partial charge in [-0.3, -0.25) is 0 Å². The highest BCUT2D eigenvalue weighted by atomic mass is 16.6. The summed E-state index contributed by atoms with van der Waals surface area (Å²) in [5.41, 5.74) is 0. The first kappa shape index (κ1) is 7.56. The normalized spacial score (nSPS) is 32.2. The molecule has 2 rings (SSSR count). The number of hydrogen-bond donors (Lipinski definition) is 0. The molecule has 0 bridgehead atoms. The number of hydrogen-bond acceptors (Lipinski definition) is 2. The van der Waals surface area contributed by atoms with E-state index in [9.17, 15) is 0 Å². The van der Waals surface area contributed by atoms with Crippen molar-refractivity contribution in [3.63, 3.8) is 0 Å². The second kappa shape index (κ2) is 3.55. The van der Waals surface area contributed by atoms with Gasteiger partial charge in [-0.1, -0.05) is 19.3 Å². The van der Waals surface area contributed by atoms with Crippen molar-refractivity contribution in [3.8, 4) is 0 Å². The van der Waals surface area contributed by atoms with Gasteiger partial charge in [0.15, 0.2) is 0 Å². The molecular formula is C9H16O2. The molecular weight excluding hydrogens is 140 g/mol. The summed E-state index contributed by atoms with van der Waals surface area (Å²) in [4.78, 5) is 0. The van der Waals surface area contributed by atoms with Crippen LogP contribution in [-0.2, 0) is 9.47 Å². The SMILES string of the molecule is C1CCC(OCC2CO2)CC1. The lowest BCUT2D eigenvalue weighted by Gasteiger charge is -2.21. The topological polar surface area (TPSA) is 21.8 Å². The molecule has 0 aromatic heterocycles. The van der Waals surface area contributed by atoms with Crippen LogP contribution in [0.25, 0.3) is 0 Å². The molecule has 1 heterocycles. The standard InChI is InChI=1S/C9H16O2/c1-2-4-8(5-3-1)10-6-9-7-11-9/h8-9H,1-7H2. The molecule has 1 aliphatic carbocycles. The Morgan fingerprint density at radius 1 is 1.18 bits per heavy atom. The summed E-state index contributed by atoms with van der Waals surface area (Å²) in [7, 11) is 0. The molecule has 0 aromatic rings. The molecule has 0 radical (unpaired) electrons. The Labute approximate surface area is 67.9 Å². The molecule has 2 fully saturated rings. The molecule has 1 saturated carbocycles. The second-order valence-corrected chi connectivity index (χ2v) is 3.55. The summed E-state index contributed by atoms with van der Waals surface area (Å²) >= 11 is 0. The van der Waals surface area contributed by atoms with E-state index in [0.29, 0.717) is 12.2 Å². The van der Waals surface area contributed by atoms with Crippen LogP contribution in [0.15, 0.2) is 0 Å². The smallest absolute Gasteiger partial charge is 0.104 e. The van der Waals surface area contributed by atoms with Gasteiger partial charge >= 0.3 is 0 Å². The van der Waals surface area contributed by atoms with Gasteiger partial charge in [-0.05, 0) is 12.8 Å². The molecule has 0 aromatic carbocycles. The Balaban J connectivity index is 1.59. The Morgan fingerprint density at radius 2 is 1.91 bits per heavy atom. The molecule has 0 amide bonds. The Hall–Kier alpha value is -0.0800. The molecule has 1 aliphatic heterocycles. The maximum atomic E-state index is 5.68. The highest BCUT2D eigenvalue weighted by Gasteiger charge is 2.24. The average molecular weight is 156 g/mol. The Bertz CT molecular complexity index is 115. The third-order valence-electron chi connectivity index (χ3n) is 2.47. The summed E-state index contributed by atoms with van der Waals surface area (Å²) in [5, 5.41) is 0. The van der Waals surface area contributed by atoms with Crippen LogP contribution in [0.4, 0.5) is 0 Å². The Morgan fingerprint density at radius 3 is 2.55 bits per heavy atom. The zero-order chi connectivity index (χ0) is 7.52. The summed E-state index contributed by atoms with van der Waals surface area (Å²) in [6.07, 6.45) is 7.65. The fourth-order valence-corrected chi connectivity index (χ4v) is 1.64. The minimum absolute atomic E-state index is 0.442. The van der Waals surface area contributed by atoms with Crippen LogP contribution in [0.5, 0.6) is 0 Å². The summed E-state index contributed by atoms with van der Waals surface area (Å²) < 4.78 is 10.8. The van der Waals surface area contributed by atoms with E-state index in [0.717, 1.165) is 13.2 Å². The average Bonchev–Trinajstić information content (AvgIpc) is 2.86. The minimum Gasteiger partial charge on any atom is -0.375 e. The van der Waals surface area contributed by atoms with Crippen molar-refractivity contribution >= 4 is 0 Å². The van der Waals surface area contributed by atoms with Crippen LogP contribution < -0.4 is 0 Å². The van der Waals surface area contributed by atoms with Gasteiger partial charge in [-0.2, -0.15) is 0 Å². The fraction of sp³-hybridized carbons (Fsp3) is 1.00. The predicted octanol–water partition coefficient (Wildman–Crippen LogP) is 1.73. The van der Waals surface area contributed by atoms with Crippen LogP contribution >= 0.6 is 0 Å². The lowest BCUT2D eigenvalue weighted by atomic mass is 9.98. The monoisotopic (exact) mass is 156 g/mol. The van der Waals surface area contributed by atoms with Gasteiger partial charge in [0.1, 0.15) is 6.10 Å². The van der Waals surface area contributed by atoms with E-state index in [1.54, 1.807) is 0 Å². The molecule has 0 spiro atoms. The van der Waals surface area contributed by atoms with Crippen molar-refractivity contribution in [2.75, 3.05) is 13.2 Å². The van der Waals surface area contributed by atoms with Crippen LogP contribution in [-0.4, -0.2) is 25.4 Å². The first-order valence-electron chi connectivity index (χ1n) is 4.68. The van der Waals surface area contributed by atoms with E-state index < -0.39 is 0 Å². The largest absolute Gasteiger partial charge is 0.375 e. The van der Waals surface area contributed by atoms with Crippen LogP contribution in [0.2, 0.25) is 0 Å². The molecule has 64 valence electrons. The van der Waals surface area contributed by atoms with Crippen LogP contribution in [0.1, 0.15) is 32.1 Å². The maximum absolute atomic E-state index is 5.68. The van der Waals surface area contributed by atoms with E-state index in [-0.39, 0.29) is 0 Å². The van der Waals surface area contributed by atoms with Crippen molar-refractivity contribution < 1.29 is 9.47 Å². The maximum Gasteiger partial charge on any atom is 0.104 e. The second-order valence-electron chi connectivity index (χ2n) is 3.55. The van der Waals surface area contributed by atoms with E-state index >= 15 is 0 Å². The third kappa shape index (κ3) is 2.46. The summed E-state index contributed by atoms with van der Waals surface area (Å²) in [6, 6.07) is 0. The van der Waals surface area contributed by atoms with E-state index in [4.69, 9.17) is 9.47 Å². The zero-order valence-corrected chi connectivity index (χ0v) is 6.92. The molecule has 1 saturated heterocycles. The van der Waals surface area contributed by atoms with Crippen molar-refractivity contribution in [1.82, 2.24) is 0 Å². The lowest BCUT2D eigenvalue weighted by Crippen LogP contribution is -2.18. The van der Waals surface area contributed by atoms with Gasteiger partial charge in [0.05, 0.1) is 19.3 Å². The molecule has 2 heteroatoms. The third-order valence-corrected chi connectivity index (χ3v) is 2.47. The van der Waals surface area contributed by atoms with Crippen molar-refractivity contribution in [2.24, 2.45) is 0 Å². The Kier molecular flexibility index (Phi) is 2.44. The fourth-order valence-electron chi connectivity index (χ4n) is 1.64. The number of epoxide rings is 1. The highest BCUT2D eigenvalue weighted by Crippen LogP contribution is 2.21. The van der Waals surface area contributed by atoms with Gasteiger partial charge < -0.3 is 9.47 Å². The highest BCUT2D eigenvalue weighted by molar-refractivity contribution is 4.71. The van der Waals surface area contributed by atoms with Crippen molar-refractivity contribution in [1.29, 1.82) is 0 Å². The summed E-state index contributed by atoms with van der Waals surface area (Å²) in [6.45, 7) is 1.76. The van der Waals surface area contributed by atoms with E-state index in [1.807, 2.05) is 0 Å². The van der Waals surface area contributed by atoms with Crippen molar-refractivity contribution in [2.45, 2.75) is 44.3 Å². The van der Waals surface area contributed by atoms with E-state index in [1.165, 1.54) is 32.1 Å². The van der Waals surface area contributed by atoms with Crippen LogP contribution in [0, 0.1) is 0 Å². The van der Waals surface area contributed by atoms with Gasteiger partial charge in [0.2, 0.25) is 0 Å². The van der Waals surface area contributed by atoms with Gasteiger partial charge in [-0.25, -0.2) is 0 Å². The van der Waals surface area contributed by atoms with Crippen molar-refractivity contribution in [3.05, 3.63) is 0 Å².